The lowest BCUT2D eigenvalue weighted by Crippen LogP contribution is -2.40. The molecule has 8 heteroatoms. The first-order valence-corrected chi connectivity index (χ1v) is 8.05. The minimum absolute atomic E-state index is 0.0982. The van der Waals surface area contributed by atoms with E-state index >= 15 is 0 Å². The van der Waals surface area contributed by atoms with Crippen LogP contribution >= 0.6 is 11.3 Å². The van der Waals surface area contributed by atoms with E-state index < -0.39 is 23.4 Å². The van der Waals surface area contributed by atoms with E-state index in [1.54, 1.807) is 0 Å². The van der Waals surface area contributed by atoms with E-state index in [1.165, 1.54) is 11.3 Å². The number of carbonyl (C=O) groups is 2. The Balaban J connectivity index is 1.96. The van der Waals surface area contributed by atoms with Crippen LogP contribution in [0.2, 0.25) is 0 Å². The molecule has 1 heterocycles. The molecule has 0 saturated heterocycles. The Morgan fingerprint density at radius 1 is 1.21 bits per heavy atom. The van der Waals surface area contributed by atoms with Gasteiger partial charge in [0.25, 0.3) is 0 Å². The van der Waals surface area contributed by atoms with E-state index in [1.807, 2.05) is 35.8 Å². The Morgan fingerprint density at radius 2 is 1.96 bits per heavy atom. The van der Waals surface area contributed by atoms with E-state index in [9.17, 15) is 18.4 Å². The van der Waals surface area contributed by atoms with Crippen LogP contribution in [0, 0.1) is 11.6 Å². The number of amides is 2. The molecule has 2 amide bonds. The fourth-order valence-corrected chi connectivity index (χ4v) is 2.81. The van der Waals surface area contributed by atoms with E-state index in [-0.39, 0.29) is 18.3 Å². The molecule has 0 aliphatic heterocycles. The van der Waals surface area contributed by atoms with Crippen LogP contribution < -0.4 is 10.6 Å². The van der Waals surface area contributed by atoms with Gasteiger partial charge in [-0.05, 0) is 48.6 Å². The van der Waals surface area contributed by atoms with Crippen LogP contribution in [-0.4, -0.2) is 37.4 Å². The van der Waals surface area contributed by atoms with E-state index in [2.05, 4.69) is 10.6 Å². The van der Waals surface area contributed by atoms with E-state index in [0.717, 1.165) is 23.8 Å². The molecule has 5 nitrogen and oxygen atoms in total. The van der Waals surface area contributed by atoms with Crippen molar-refractivity contribution in [3.05, 3.63) is 52.2 Å². The fourth-order valence-electron chi connectivity index (χ4n) is 2.11. The molecule has 128 valence electrons. The van der Waals surface area contributed by atoms with Gasteiger partial charge in [-0.1, -0.05) is 0 Å². The van der Waals surface area contributed by atoms with Gasteiger partial charge in [0.2, 0.25) is 0 Å². The monoisotopic (exact) mass is 353 g/mol. The van der Waals surface area contributed by atoms with Gasteiger partial charge < -0.3 is 15.5 Å². The molecule has 2 rings (SSSR count). The van der Waals surface area contributed by atoms with Crippen molar-refractivity contribution in [1.29, 1.82) is 0 Å². The van der Waals surface area contributed by atoms with Gasteiger partial charge in [0.15, 0.2) is 0 Å². The molecule has 0 spiro atoms. The Hall–Kier alpha value is -2.32. The molecule has 2 N–H and O–H groups in total. The molecular formula is C16H17F2N3O2S. The average molecular weight is 353 g/mol. The lowest BCUT2D eigenvalue weighted by Gasteiger charge is -2.23. The first-order chi connectivity index (χ1) is 11.4. The highest BCUT2D eigenvalue weighted by Gasteiger charge is 2.20. The zero-order valence-corrected chi connectivity index (χ0v) is 14.0. The van der Waals surface area contributed by atoms with Crippen molar-refractivity contribution in [3.8, 4) is 0 Å². The maximum atomic E-state index is 13.5. The maximum absolute atomic E-state index is 13.5. The van der Waals surface area contributed by atoms with Gasteiger partial charge in [-0.25, -0.2) is 8.78 Å². The van der Waals surface area contributed by atoms with Crippen LogP contribution in [0.1, 0.15) is 11.6 Å². The van der Waals surface area contributed by atoms with E-state index in [0.29, 0.717) is 0 Å². The van der Waals surface area contributed by atoms with Crippen molar-refractivity contribution < 1.29 is 18.4 Å². The number of likely N-dealkylation sites (N-methyl/N-ethyl adjacent to an activating group) is 1. The lowest BCUT2D eigenvalue weighted by molar-refractivity contribution is -0.136. The number of anilines is 1. The summed E-state index contributed by atoms with van der Waals surface area (Å²) in [5, 5.41) is 8.44. The van der Waals surface area contributed by atoms with Crippen LogP contribution in [0.4, 0.5) is 14.5 Å². The summed E-state index contributed by atoms with van der Waals surface area (Å²) in [6, 6.07) is 4.45. The molecule has 1 atom stereocenters. The number of nitrogens with one attached hydrogen (secondary N) is 2. The topological polar surface area (TPSA) is 61.4 Å². The van der Waals surface area contributed by atoms with Crippen molar-refractivity contribution in [2.24, 2.45) is 0 Å². The zero-order valence-electron chi connectivity index (χ0n) is 13.2. The molecule has 24 heavy (non-hydrogen) atoms. The smallest absolute Gasteiger partial charge is 0.313 e. The largest absolute Gasteiger partial charge is 0.346 e. The summed E-state index contributed by atoms with van der Waals surface area (Å²) in [4.78, 5) is 25.6. The number of benzene rings is 1. The molecule has 0 unspecified atom stereocenters. The Morgan fingerprint density at radius 3 is 2.58 bits per heavy atom. The normalized spacial score (nSPS) is 12.0. The molecule has 0 aliphatic rings. The highest BCUT2D eigenvalue weighted by Crippen LogP contribution is 2.20. The number of thiophene rings is 1. The summed E-state index contributed by atoms with van der Waals surface area (Å²) < 4.78 is 26.6. The Kier molecular flexibility index (Phi) is 5.99. The summed E-state index contributed by atoms with van der Waals surface area (Å²) in [5.74, 6) is -3.50. The molecule has 1 aromatic carbocycles. The summed E-state index contributed by atoms with van der Waals surface area (Å²) >= 11 is 1.53. The predicted octanol–water partition coefficient (Wildman–Crippen LogP) is 2.38. The SMILES string of the molecule is CN(C)[C@@H](CNC(=O)C(=O)Nc1cc(F)ccc1F)c1ccsc1. The second kappa shape index (κ2) is 7.98. The van der Waals surface area contributed by atoms with E-state index in [4.69, 9.17) is 0 Å². The van der Waals surface area contributed by atoms with Gasteiger partial charge in [0.1, 0.15) is 11.6 Å². The number of hydrogen-bond donors (Lipinski definition) is 2. The molecule has 0 radical (unpaired) electrons. The molecule has 1 aromatic heterocycles. The molecule has 0 aliphatic carbocycles. The third kappa shape index (κ3) is 4.59. The van der Waals surface area contributed by atoms with Crippen LogP contribution in [0.15, 0.2) is 35.0 Å². The molecule has 0 bridgehead atoms. The van der Waals surface area contributed by atoms with Crippen LogP contribution in [0.5, 0.6) is 0 Å². The number of nitrogens with zero attached hydrogens (tertiary/aromatic N) is 1. The van der Waals surface area contributed by atoms with Crippen molar-refractivity contribution >= 4 is 28.8 Å². The van der Waals surface area contributed by atoms with Crippen molar-refractivity contribution in [2.75, 3.05) is 26.0 Å². The van der Waals surface area contributed by atoms with Crippen LogP contribution in [0.25, 0.3) is 0 Å². The third-order valence-electron chi connectivity index (χ3n) is 3.39. The van der Waals surface area contributed by atoms with Gasteiger partial charge in [-0.15, -0.1) is 0 Å². The first-order valence-electron chi connectivity index (χ1n) is 7.11. The molecule has 0 fully saturated rings. The van der Waals surface area contributed by atoms with Gasteiger partial charge in [0.05, 0.1) is 11.7 Å². The van der Waals surface area contributed by atoms with Gasteiger partial charge >= 0.3 is 11.8 Å². The molecule has 2 aromatic rings. The van der Waals surface area contributed by atoms with Crippen molar-refractivity contribution in [3.63, 3.8) is 0 Å². The minimum Gasteiger partial charge on any atom is -0.346 e. The second-order valence-electron chi connectivity index (χ2n) is 5.32. The minimum atomic E-state index is -1.05. The fraction of sp³-hybridized carbons (Fsp3) is 0.250. The highest BCUT2D eigenvalue weighted by molar-refractivity contribution is 7.07. The summed E-state index contributed by atoms with van der Waals surface area (Å²) in [5.41, 5.74) is 0.638. The van der Waals surface area contributed by atoms with Crippen molar-refractivity contribution in [2.45, 2.75) is 6.04 Å². The summed E-state index contributed by atoms with van der Waals surface area (Å²) in [6.45, 7) is 0.210. The van der Waals surface area contributed by atoms with Gasteiger partial charge in [-0.3, -0.25) is 9.59 Å². The Labute approximate surface area is 142 Å². The quantitative estimate of drug-likeness (QED) is 0.812. The van der Waals surface area contributed by atoms with Crippen LogP contribution in [0.3, 0.4) is 0 Å². The molecule has 0 saturated carbocycles. The number of halogens is 2. The summed E-state index contributed by atoms with van der Waals surface area (Å²) in [7, 11) is 3.72. The maximum Gasteiger partial charge on any atom is 0.313 e. The van der Waals surface area contributed by atoms with Gasteiger partial charge in [-0.2, -0.15) is 11.3 Å². The number of carbonyl (C=O) groups excluding carboxylic acids is 2. The lowest BCUT2D eigenvalue weighted by atomic mass is 10.1. The van der Waals surface area contributed by atoms with Crippen LogP contribution in [-0.2, 0) is 9.59 Å². The molecular weight excluding hydrogens is 336 g/mol. The predicted molar refractivity (Wildman–Crippen MR) is 88.7 cm³/mol. The number of hydrogen-bond acceptors (Lipinski definition) is 4. The second-order valence-corrected chi connectivity index (χ2v) is 6.10. The third-order valence-corrected chi connectivity index (χ3v) is 4.09. The highest BCUT2D eigenvalue weighted by atomic mass is 32.1. The van der Waals surface area contributed by atoms with Gasteiger partial charge in [0, 0.05) is 12.6 Å². The Bertz CT molecular complexity index is 720. The number of rotatable bonds is 5. The first kappa shape index (κ1) is 18.0. The van der Waals surface area contributed by atoms with Crippen molar-refractivity contribution in [1.82, 2.24) is 10.2 Å². The average Bonchev–Trinajstić information content (AvgIpc) is 3.04. The zero-order chi connectivity index (χ0) is 17.7. The standard InChI is InChI=1S/C16H17F2N3O2S/c1-21(2)14(10-5-6-24-9-10)8-19-15(22)16(23)20-13-7-11(17)3-4-12(13)18/h3-7,9,14H,8H2,1-2H3,(H,19,22)(H,20,23)/t14-/m0/s1. The summed E-state index contributed by atoms with van der Waals surface area (Å²) in [6.07, 6.45) is 0.